The lowest BCUT2D eigenvalue weighted by Crippen LogP contribution is -2.42. The first-order chi connectivity index (χ1) is 11.1. The van der Waals surface area contributed by atoms with Crippen molar-refractivity contribution in [3.8, 4) is 5.75 Å². The van der Waals surface area contributed by atoms with Crippen LogP contribution in [-0.2, 0) is 16.1 Å². The maximum absolute atomic E-state index is 11.1. The first-order valence-electron chi connectivity index (χ1n) is 7.99. The van der Waals surface area contributed by atoms with E-state index in [1.807, 2.05) is 24.3 Å². The highest BCUT2D eigenvalue weighted by Gasteiger charge is 2.24. The number of carbonyl (C=O) groups excluding carboxylic acids is 1. The van der Waals surface area contributed by atoms with Gasteiger partial charge in [0, 0.05) is 12.5 Å². The van der Waals surface area contributed by atoms with Gasteiger partial charge in [-0.1, -0.05) is 12.1 Å². The van der Waals surface area contributed by atoms with Crippen LogP contribution in [0.25, 0.3) is 0 Å². The molecule has 23 heavy (non-hydrogen) atoms. The summed E-state index contributed by atoms with van der Waals surface area (Å²) in [5.74, 6) is 0.580. The Kier molecular flexibility index (Phi) is 6.83. The molecule has 1 amide bonds. The van der Waals surface area contributed by atoms with Crippen molar-refractivity contribution in [2.45, 2.75) is 25.6 Å². The number of benzene rings is 1. The summed E-state index contributed by atoms with van der Waals surface area (Å²) < 4.78 is 10.7. The molecule has 0 saturated carbocycles. The predicted octanol–water partition coefficient (Wildman–Crippen LogP) is 0.770. The topological polar surface area (TPSA) is 85.0 Å². The van der Waals surface area contributed by atoms with Crippen molar-refractivity contribution >= 4 is 5.91 Å². The van der Waals surface area contributed by atoms with Crippen LogP contribution < -0.4 is 10.5 Å². The number of nitrogens with two attached hydrogens (primary N) is 1. The second kappa shape index (κ2) is 8.86. The van der Waals surface area contributed by atoms with Crippen molar-refractivity contribution in [1.82, 2.24) is 4.90 Å². The number of hydrogen-bond donors (Lipinski definition) is 2. The van der Waals surface area contributed by atoms with Crippen molar-refractivity contribution < 1.29 is 19.4 Å². The van der Waals surface area contributed by atoms with Crippen LogP contribution in [-0.4, -0.2) is 55.4 Å². The lowest BCUT2D eigenvalue weighted by Gasteiger charge is -2.31. The van der Waals surface area contributed by atoms with E-state index in [1.165, 1.54) is 0 Å². The molecule has 1 aromatic rings. The molecule has 2 rings (SSSR count). The Morgan fingerprint density at radius 1 is 1.35 bits per heavy atom. The zero-order valence-electron chi connectivity index (χ0n) is 13.6. The lowest BCUT2D eigenvalue weighted by atomic mass is 9.96. The van der Waals surface area contributed by atoms with E-state index in [0.29, 0.717) is 19.8 Å². The number of β-amino-alcohol motifs (C(OH)–C–C–N with tert-alkyl or cyclic N) is 1. The van der Waals surface area contributed by atoms with Crippen molar-refractivity contribution in [2.75, 3.05) is 33.4 Å². The Labute approximate surface area is 137 Å². The number of rotatable bonds is 8. The average molecular weight is 322 g/mol. The molecule has 6 nitrogen and oxygen atoms in total. The van der Waals surface area contributed by atoms with Crippen LogP contribution in [0.2, 0.25) is 0 Å². The molecule has 0 radical (unpaired) electrons. The Bertz CT molecular complexity index is 484. The van der Waals surface area contributed by atoms with Gasteiger partial charge >= 0.3 is 0 Å². The molecule has 1 heterocycles. The maximum Gasteiger partial charge on any atom is 0.220 e. The third kappa shape index (κ3) is 5.82. The van der Waals surface area contributed by atoms with Crippen LogP contribution in [0.1, 0.15) is 18.4 Å². The van der Waals surface area contributed by atoms with E-state index in [1.54, 1.807) is 7.11 Å². The van der Waals surface area contributed by atoms with Gasteiger partial charge in [0.05, 0.1) is 26.4 Å². The smallest absolute Gasteiger partial charge is 0.220 e. The first-order valence-corrected chi connectivity index (χ1v) is 7.99. The van der Waals surface area contributed by atoms with Crippen LogP contribution in [0.5, 0.6) is 5.75 Å². The van der Waals surface area contributed by atoms with Gasteiger partial charge in [0.15, 0.2) is 0 Å². The third-order valence-corrected chi connectivity index (χ3v) is 4.20. The number of aliphatic hydroxyl groups is 1. The number of aliphatic hydroxyl groups excluding tert-OH is 1. The van der Waals surface area contributed by atoms with Crippen LogP contribution in [0, 0.1) is 5.92 Å². The van der Waals surface area contributed by atoms with E-state index in [-0.39, 0.29) is 11.8 Å². The first kappa shape index (κ1) is 17.7. The minimum absolute atomic E-state index is 0.0188. The summed E-state index contributed by atoms with van der Waals surface area (Å²) in [6.45, 7) is 2.91. The van der Waals surface area contributed by atoms with E-state index in [9.17, 15) is 9.90 Å². The molecule has 6 heteroatoms. The number of primary amides is 1. The van der Waals surface area contributed by atoms with Gasteiger partial charge in [-0.25, -0.2) is 0 Å². The van der Waals surface area contributed by atoms with Crippen LogP contribution in [0.4, 0.5) is 0 Å². The molecule has 1 aliphatic heterocycles. The zero-order chi connectivity index (χ0) is 16.7. The minimum atomic E-state index is -0.529. The number of ether oxygens (including phenoxy) is 2. The number of carbonyl (C=O) groups is 1. The van der Waals surface area contributed by atoms with Crippen LogP contribution >= 0.6 is 0 Å². The number of hydrogen-bond acceptors (Lipinski definition) is 5. The molecule has 1 fully saturated rings. The molecule has 0 spiro atoms. The quantitative estimate of drug-likeness (QED) is 0.738. The summed E-state index contributed by atoms with van der Waals surface area (Å²) >= 11 is 0. The van der Waals surface area contributed by atoms with Gasteiger partial charge in [0.25, 0.3) is 0 Å². The zero-order valence-corrected chi connectivity index (χ0v) is 13.6. The molecule has 1 saturated heterocycles. The monoisotopic (exact) mass is 322 g/mol. The van der Waals surface area contributed by atoms with Gasteiger partial charge in [-0.2, -0.15) is 0 Å². The molecule has 0 unspecified atom stereocenters. The fourth-order valence-electron chi connectivity index (χ4n) is 2.79. The van der Waals surface area contributed by atoms with Crippen molar-refractivity contribution in [2.24, 2.45) is 11.7 Å². The number of methoxy groups -OCH3 is 1. The van der Waals surface area contributed by atoms with Gasteiger partial charge in [0.1, 0.15) is 5.75 Å². The largest absolute Gasteiger partial charge is 0.497 e. The molecule has 1 aliphatic rings. The minimum Gasteiger partial charge on any atom is -0.497 e. The molecule has 0 bridgehead atoms. The molecular weight excluding hydrogens is 296 g/mol. The maximum atomic E-state index is 11.1. The summed E-state index contributed by atoms with van der Waals surface area (Å²) in [5, 5.41) is 10.1. The summed E-state index contributed by atoms with van der Waals surface area (Å²) in [7, 11) is 1.63. The second-order valence-electron chi connectivity index (χ2n) is 5.99. The average Bonchev–Trinajstić information content (AvgIpc) is 2.56. The highest BCUT2D eigenvalue weighted by molar-refractivity contribution is 5.76. The Morgan fingerprint density at radius 3 is 2.57 bits per heavy atom. The van der Waals surface area contributed by atoms with Crippen molar-refractivity contribution in [1.29, 1.82) is 0 Å². The van der Waals surface area contributed by atoms with Crippen molar-refractivity contribution in [3.63, 3.8) is 0 Å². The summed E-state index contributed by atoms with van der Waals surface area (Å²) in [6, 6.07) is 7.66. The Balaban J connectivity index is 1.63. The molecule has 0 aliphatic carbocycles. The van der Waals surface area contributed by atoms with Gasteiger partial charge in [-0.3, -0.25) is 4.79 Å². The highest BCUT2D eigenvalue weighted by atomic mass is 16.5. The van der Waals surface area contributed by atoms with E-state index in [0.717, 1.165) is 37.2 Å². The predicted molar refractivity (Wildman–Crippen MR) is 87.0 cm³/mol. The molecule has 3 N–H and O–H groups in total. The molecule has 1 atom stereocenters. The number of nitrogens with zero attached hydrogens (tertiary/aromatic N) is 1. The summed E-state index contributed by atoms with van der Waals surface area (Å²) in [5.41, 5.74) is 6.36. The highest BCUT2D eigenvalue weighted by Crippen LogP contribution is 2.17. The van der Waals surface area contributed by atoms with Crippen LogP contribution in [0.15, 0.2) is 24.3 Å². The standard InChI is InChI=1S/C17H26N2O4/c1-22-16-4-2-13(3-5-16)11-23-12-15(20)10-19-8-6-14(7-9-19)17(18)21/h2-5,14-15,20H,6-12H2,1H3,(H2,18,21)/t15-/m1/s1. The summed E-state index contributed by atoms with van der Waals surface area (Å²) in [6.07, 6.45) is 1.02. The SMILES string of the molecule is COc1ccc(COC[C@H](O)CN2CCC(C(N)=O)CC2)cc1. The molecule has 0 aromatic heterocycles. The Hall–Kier alpha value is -1.63. The number of likely N-dealkylation sites (tertiary alicyclic amines) is 1. The lowest BCUT2D eigenvalue weighted by molar-refractivity contribution is -0.123. The van der Waals surface area contributed by atoms with Crippen LogP contribution in [0.3, 0.4) is 0 Å². The van der Waals surface area contributed by atoms with E-state index < -0.39 is 6.10 Å². The van der Waals surface area contributed by atoms with E-state index in [4.69, 9.17) is 15.2 Å². The molecular formula is C17H26N2O4. The number of piperidine rings is 1. The molecule has 1 aromatic carbocycles. The van der Waals surface area contributed by atoms with E-state index >= 15 is 0 Å². The van der Waals surface area contributed by atoms with Gasteiger partial charge in [-0.05, 0) is 43.6 Å². The second-order valence-corrected chi connectivity index (χ2v) is 5.99. The fourth-order valence-corrected chi connectivity index (χ4v) is 2.79. The summed E-state index contributed by atoms with van der Waals surface area (Å²) in [4.78, 5) is 13.3. The van der Waals surface area contributed by atoms with Gasteiger partial charge in [-0.15, -0.1) is 0 Å². The third-order valence-electron chi connectivity index (χ3n) is 4.20. The van der Waals surface area contributed by atoms with E-state index in [2.05, 4.69) is 4.90 Å². The van der Waals surface area contributed by atoms with Gasteiger partial charge < -0.3 is 25.2 Å². The van der Waals surface area contributed by atoms with Gasteiger partial charge in [0.2, 0.25) is 5.91 Å². The number of amides is 1. The fraction of sp³-hybridized carbons (Fsp3) is 0.588. The van der Waals surface area contributed by atoms with Crippen molar-refractivity contribution in [3.05, 3.63) is 29.8 Å². The molecule has 128 valence electrons. The Morgan fingerprint density at radius 2 is 2.00 bits per heavy atom. The normalized spacial score (nSPS) is 17.8.